The number of nitro groups is 2. The Labute approximate surface area is 177 Å². The first-order valence-electron chi connectivity index (χ1n) is 9.59. The number of non-ortho nitro benzene ring substituents is 1. The predicted molar refractivity (Wildman–Crippen MR) is 113 cm³/mol. The van der Waals surface area contributed by atoms with Crippen LogP contribution in [-0.4, -0.2) is 46.1 Å². The topological polar surface area (TPSA) is 140 Å². The van der Waals surface area contributed by atoms with Crippen molar-refractivity contribution >= 4 is 28.7 Å². The molecule has 1 N–H and O–H groups in total. The second-order valence-corrected chi connectivity index (χ2v) is 6.93. The highest BCUT2D eigenvalue weighted by molar-refractivity contribution is 5.99. The summed E-state index contributed by atoms with van der Waals surface area (Å²) in [4.78, 5) is 34.4. The van der Waals surface area contributed by atoms with Crippen LogP contribution in [0.5, 0.6) is 5.75 Å². The van der Waals surface area contributed by atoms with Crippen molar-refractivity contribution in [2.24, 2.45) is 5.10 Å². The summed E-state index contributed by atoms with van der Waals surface area (Å²) in [7, 11) is 0. The quantitative estimate of drug-likeness (QED) is 0.387. The van der Waals surface area contributed by atoms with Crippen LogP contribution in [0.25, 0.3) is 0 Å². The molecular weight excluding hydrogens is 406 g/mol. The molecule has 2 aromatic carbocycles. The maximum atomic E-state index is 12.0. The van der Waals surface area contributed by atoms with E-state index >= 15 is 0 Å². The zero-order valence-corrected chi connectivity index (χ0v) is 16.8. The lowest BCUT2D eigenvalue weighted by molar-refractivity contribution is -0.393. The highest BCUT2D eigenvalue weighted by Gasteiger charge is 2.20. The van der Waals surface area contributed by atoms with Crippen LogP contribution in [0.15, 0.2) is 47.6 Å². The van der Waals surface area contributed by atoms with Crippen LogP contribution < -0.4 is 10.2 Å². The summed E-state index contributed by atoms with van der Waals surface area (Å²) in [6, 6.07) is 10.2. The maximum Gasteiger partial charge on any atom is 0.301 e. The third-order valence-electron chi connectivity index (χ3n) is 4.83. The molecule has 0 aromatic heterocycles. The van der Waals surface area contributed by atoms with E-state index < -0.39 is 15.5 Å². The minimum atomic E-state index is -0.713. The molecule has 0 unspecified atom stereocenters. The number of amides is 1. The smallest absolute Gasteiger partial charge is 0.301 e. The van der Waals surface area contributed by atoms with Crippen molar-refractivity contribution in [3.05, 3.63) is 68.3 Å². The lowest BCUT2D eigenvalue weighted by Crippen LogP contribution is -2.32. The predicted octanol–water partition coefficient (Wildman–Crippen LogP) is 3.34. The van der Waals surface area contributed by atoms with Gasteiger partial charge in [0.15, 0.2) is 6.61 Å². The van der Waals surface area contributed by atoms with Gasteiger partial charge in [0.05, 0.1) is 21.6 Å². The number of nitrogens with zero attached hydrogens (tertiary/aromatic N) is 4. The van der Waals surface area contributed by atoms with Gasteiger partial charge in [0.1, 0.15) is 11.4 Å². The summed E-state index contributed by atoms with van der Waals surface area (Å²) in [5, 5.41) is 26.1. The molecule has 1 heterocycles. The van der Waals surface area contributed by atoms with E-state index in [1.807, 2.05) is 0 Å². The van der Waals surface area contributed by atoms with E-state index in [4.69, 9.17) is 4.74 Å². The number of carbonyl (C=O) groups is 1. The van der Waals surface area contributed by atoms with Crippen LogP contribution in [0.1, 0.15) is 25.3 Å². The standard InChI is InChI=1S/C20H21N5O6/c1-14(21-22-18-9-6-16(24(27)28)12-19(18)25(29)30)15-4-7-17(8-5-15)31-13-20(26)23-10-2-3-11-23/h4-9,12,22H,2-3,10-11,13H2,1H3/b21-14+. The zero-order chi connectivity index (χ0) is 22.4. The number of carbonyl (C=O) groups excluding carboxylic acids is 1. The first kappa shape index (κ1) is 21.7. The zero-order valence-electron chi connectivity index (χ0n) is 16.8. The normalized spacial score (nSPS) is 13.7. The first-order valence-corrected chi connectivity index (χ1v) is 9.59. The number of nitro benzene ring substituents is 2. The number of hydrogen-bond donors (Lipinski definition) is 1. The second kappa shape index (κ2) is 9.65. The number of ether oxygens (including phenoxy) is 1. The van der Waals surface area contributed by atoms with Gasteiger partial charge < -0.3 is 9.64 Å². The first-order chi connectivity index (χ1) is 14.8. The summed E-state index contributed by atoms with van der Waals surface area (Å²) in [6.07, 6.45) is 2.05. The van der Waals surface area contributed by atoms with Crippen LogP contribution >= 0.6 is 0 Å². The Hall–Kier alpha value is -4.02. The molecule has 1 fully saturated rings. The lowest BCUT2D eigenvalue weighted by Gasteiger charge is -2.15. The van der Waals surface area contributed by atoms with Crippen molar-refractivity contribution in [1.82, 2.24) is 4.90 Å². The van der Waals surface area contributed by atoms with Crippen molar-refractivity contribution in [3.8, 4) is 5.75 Å². The van der Waals surface area contributed by atoms with Gasteiger partial charge in [-0.05, 0) is 55.7 Å². The molecule has 0 saturated carbocycles. The molecule has 1 aliphatic rings. The molecular formula is C20H21N5O6. The Bertz CT molecular complexity index is 1020. The highest BCUT2D eigenvalue weighted by Crippen LogP contribution is 2.29. The van der Waals surface area contributed by atoms with Crippen LogP contribution in [0.3, 0.4) is 0 Å². The van der Waals surface area contributed by atoms with E-state index in [-0.39, 0.29) is 23.9 Å². The Balaban J connectivity index is 1.63. The Morgan fingerprint density at radius 2 is 1.77 bits per heavy atom. The van der Waals surface area contributed by atoms with E-state index in [2.05, 4.69) is 10.5 Å². The van der Waals surface area contributed by atoms with E-state index in [1.54, 1.807) is 36.1 Å². The van der Waals surface area contributed by atoms with Crippen LogP contribution in [-0.2, 0) is 4.79 Å². The van der Waals surface area contributed by atoms with Crippen LogP contribution in [0, 0.1) is 20.2 Å². The molecule has 0 aliphatic carbocycles. The van der Waals surface area contributed by atoms with Crippen molar-refractivity contribution in [2.45, 2.75) is 19.8 Å². The molecule has 0 bridgehead atoms. The number of anilines is 1. The van der Waals surface area contributed by atoms with Crippen molar-refractivity contribution in [3.63, 3.8) is 0 Å². The van der Waals surface area contributed by atoms with Gasteiger partial charge in [0.2, 0.25) is 0 Å². The highest BCUT2D eigenvalue weighted by atomic mass is 16.6. The minimum absolute atomic E-state index is 0.0161. The molecule has 31 heavy (non-hydrogen) atoms. The lowest BCUT2D eigenvalue weighted by atomic mass is 10.1. The van der Waals surface area contributed by atoms with Gasteiger partial charge >= 0.3 is 5.69 Å². The number of hydrogen-bond acceptors (Lipinski definition) is 8. The minimum Gasteiger partial charge on any atom is -0.484 e. The maximum absolute atomic E-state index is 12.0. The number of nitrogens with one attached hydrogen (secondary N) is 1. The molecule has 3 rings (SSSR count). The van der Waals surface area contributed by atoms with Crippen LogP contribution in [0.4, 0.5) is 17.1 Å². The largest absolute Gasteiger partial charge is 0.484 e. The fourth-order valence-corrected chi connectivity index (χ4v) is 3.08. The summed E-state index contributed by atoms with van der Waals surface area (Å²) in [6.45, 7) is 3.24. The molecule has 2 aromatic rings. The third kappa shape index (κ3) is 5.53. The molecule has 1 amide bonds. The molecule has 1 saturated heterocycles. The molecule has 162 valence electrons. The number of benzene rings is 2. The SMILES string of the molecule is C/C(=N\Nc1ccc([N+](=O)[O-])cc1[N+](=O)[O-])c1ccc(OCC(=O)N2CCCC2)cc1. The molecule has 0 spiro atoms. The van der Waals surface area contributed by atoms with Gasteiger partial charge in [0, 0.05) is 19.2 Å². The van der Waals surface area contributed by atoms with Gasteiger partial charge in [-0.15, -0.1) is 0 Å². The fraction of sp³-hybridized carbons (Fsp3) is 0.300. The van der Waals surface area contributed by atoms with Gasteiger partial charge in [-0.25, -0.2) is 0 Å². The molecule has 11 heteroatoms. The Morgan fingerprint density at radius 3 is 2.39 bits per heavy atom. The number of likely N-dealkylation sites (tertiary alicyclic amines) is 1. The van der Waals surface area contributed by atoms with Gasteiger partial charge in [-0.1, -0.05) is 0 Å². The van der Waals surface area contributed by atoms with E-state index in [1.165, 1.54) is 6.07 Å². The third-order valence-corrected chi connectivity index (χ3v) is 4.83. The number of hydrazone groups is 1. The number of rotatable bonds is 8. The molecule has 0 atom stereocenters. The average Bonchev–Trinajstić information content (AvgIpc) is 3.31. The summed E-state index contributed by atoms with van der Waals surface area (Å²) in [5.41, 5.74) is 3.07. The van der Waals surface area contributed by atoms with Gasteiger partial charge in [-0.2, -0.15) is 5.10 Å². The van der Waals surface area contributed by atoms with Crippen molar-refractivity contribution in [2.75, 3.05) is 25.1 Å². The summed E-state index contributed by atoms with van der Waals surface area (Å²) < 4.78 is 5.54. The Morgan fingerprint density at radius 1 is 1.10 bits per heavy atom. The van der Waals surface area contributed by atoms with Gasteiger partial charge in [-0.3, -0.25) is 30.4 Å². The fourth-order valence-electron chi connectivity index (χ4n) is 3.08. The average molecular weight is 427 g/mol. The van der Waals surface area contributed by atoms with E-state index in [9.17, 15) is 25.0 Å². The molecule has 11 nitrogen and oxygen atoms in total. The van der Waals surface area contributed by atoms with E-state index in [0.717, 1.165) is 43.6 Å². The molecule has 1 aliphatic heterocycles. The van der Waals surface area contributed by atoms with Crippen LogP contribution in [0.2, 0.25) is 0 Å². The summed E-state index contributed by atoms with van der Waals surface area (Å²) >= 11 is 0. The molecule has 0 radical (unpaired) electrons. The van der Waals surface area contributed by atoms with Gasteiger partial charge in [0.25, 0.3) is 11.6 Å². The monoisotopic (exact) mass is 427 g/mol. The van der Waals surface area contributed by atoms with Crippen molar-refractivity contribution in [1.29, 1.82) is 0 Å². The Kier molecular flexibility index (Phi) is 6.75. The van der Waals surface area contributed by atoms with E-state index in [0.29, 0.717) is 11.5 Å². The van der Waals surface area contributed by atoms with Crippen molar-refractivity contribution < 1.29 is 19.4 Å². The second-order valence-electron chi connectivity index (χ2n) is 6.93. The summed E-state index contributed by atoms with van der Waals surface area (Å²) in [5.74, 6) is 0.510.